The molecule has 2 amide bonds. The summed E-state index contributed by atoms with van der Waals surface area (Å²) in [5.41, 5.74) is 1.40. The van der Waals surface area contributed by atoms with E-state index in [4.69, 9.17) is 5.11 Å². The predicted octanol–water partition coefficient (Wildman–Crippen LogP) is 0.642. The molecule has 5 heteroatoms. The summed E-state index contributed by atoms with van der Waals surface area (Å²) in [6, 6.07) is 6.26. The summed E-state index contributed by atoms with van der Waals surface area (Å²) >= 11 is 0. The molecular formula is C12H16N2O3. The van der Waals surface area contributed by atoms with Gasteiger partial charge in [-0.3, -0.25) is 9.59 Å². The lowest BCUT2D eigenvalue weighted by Gasteiger charge is -2.12. The number of aliphatic hydroxyl groups excluding tert-OH is 1. The van der Waals surface area contributed by atoms with Crippen molar-refractivity contribution in [3.8, 4) is 0 Å². The SMILES string of the molecule is CC(=O)NC(C)C(=O)Nc1ccc(CO)cc1. The summed E-state index contributed by atoms with van der Waals surface area (Å²) in [4.78, 5) is 22.4. The number of hydrogen-bond acceptors (Lipinski definition) is 3. The summed E-state index contributed by atoms with van der Waals surface area (Å²) in [6.45, 7) is 2.94. The summed E-state index contributed by atoms with van der Waals surface area (Å²) in [7, 11) is 0. The van der Waals surface area contributed by atoms with Crippen molar-refractivity contribution in [2.24, 2.45) is 0 Å². The summed E-state index contributed by atoms with van der Waals surface area (Å²) in [6.07, 6.45) is 0. The van der Waals surface area contributed by atoms with E-state index in [-0.39, 0.29) is 18.4 Å². The Balaban J connectivity index is 2.58. The predicted molar refractivity (Wildman–Crippen MR) is 64.3 cm³/mol. The van der Waals surface area contributed by atoms with Gasteiger partial charge in [0.1, 0.15) is 6.04 Å². The Hall–Kier alpha value is -1.88. The zero-order valence-corrected chi connectivity index (χ0v) is 9.86. The quantitative estimate of drug-likeness (QED) is 0.718. The molecule has 0 aliphatic carbocycles. The number of carbonyl (C=O) groups is 2. The zero-order chi connectivity index (χ0) is 12.8. The van der Waals surface area contributed by atoms with E-state index >= 15 is 0 Å². The first-order valence-corrected chi connectivity index (χ1v) is 5.30. The van der Waals surface area contributed by atoms with Gasteiger partial charge in [0, 0.05) is 12.6 Å². The van der Waals surface area contributed by atoms with E-state index in [0.29, 0.717) is 5.69 Å². The van der Waals surface area contributed by atoms with Crippen LogP contribution in [0.15, 0.2) is 24.3 Å². The highest BCUT2D eigenvalue weighted by Crippen LogP contribution is 2.09. The van der Waals surface area contributed by atoms with Gasteiger partial charge < -0.3 is 15.7 Å². The molecule has 0 aromatic heterocycles. The van der Waals surface area contributed by atoms with Gasteiger partial charge in [-0.1, -0.05) is 12.1 Å². The summed E-state index contributed by atoms with van der Waals surface area (Å²) in [5, 5.41) is 14.0. The summed E-state index contributed by atoms with van der Waals surface area (Å²) < 4.78 is 0. The largest absolute Gasteiger partial charge is 0.392 e. The molecule has 0 fully saturated rings. The molecule has 0 saturated heterocycles. The van der Waals surface area contributed by atoms with E-state index in [9.17, 15) is 9.59 Å². The van der Waals surface area contributed by atoms with E-state index < -0.39 is 6.04 Å². The number of amides is 2. The molecule has 0 spiro atoms. The highest BCUT2D eigenvalue weighted by molar-refractivity contribution is 5.96. The van der Waals surface area contributed by atoms with Crippen LogP contribution in [0.4, 0.5) is 5.69 Å². The fourth-order valence-electron chi connectivity index (χ4n) is 1.31. The second-order valence-corrected chi connectivity index (χ2v) is 3.77. The lowest BCUT2D eigenvalue weighted by molar-refractivity contribution is -0.124. The molecular weight excluding hydrogens is 220 g/mol. The first kappa shape index (κ1) is 13.2. The van der Waals surface area contributed by atoms with E-state index in [1.807, 2.05) is 0 Å². The van der Waals surface area contributed by atoms with Crippen molar-refractivity contribution in [1.29, 1.82) is 0 Å². The second-order valence-electron chi connectivity index (χ2n) is 3.77. The molecule has 1 rings (SSSR count). The van der Waals surface area contributed by atoms with Crippen molar-refractivity contribution >= 4 is 17.5 Å². The highest BCUT2D eigenvalue weighted by Gasteiger charge is 2.13. The van der Waals surface area contributed by atoms with Crippen molar-refractivity contribution in [2.75, 3.05) is 5.32 Å². The van der Waals surface area contributed by atoms with Crippen LogP contribution in [-0.2, 0) is 16.2 Å². The Morgan fingerprint density at radius 2 is 1.88 bits per heavy atom. The van der Waals surface area contributed by atoms with Gasteiger partial charge in [0.15, 0.2) is 0 Å². The standard InChI is InChI=1S/C12H16N2O3/c1-8(13-9(2)16)12(17)14-11-5-3-10(7-15)4-6-11/h3-6,8,15H,7H2,1-2H3,(H,13,16)(H,14,17). The Morgan fingerprint density at radius 3 is 2.35 bits per heavy atom. The minimum atomic E-state index is -0.579. The smallest absolute Gasteiger partial charge is 0.246 e. The number of hydrogen-bond donors (Lipinski definition) is 3. The second kappa shape index (κ2) is 6.00. The maximum Gasteiger partial charge on any atom is 0.246 e. The third-order valence-corrected chi connectivity index (χ3v) is 2.22. The number of carbonyl (C=O) groups excluding carboxylic acids is 2. The fraction of sp³-hybridized carbons (Fsp3) is 0.333. The topological polar surface area (TPSA) is 78.4 Å². The minimum Gasteiger partial charge on any atom is -0.392 e. The minimum absolute atomic E-state index is 0.0312. The average Bonchev–Trinajstić information content (AvgIpc) is 2.29. The maximum absolute atomic E-state index is 11.6. The number of nitrogens with one attached hydrogen (secondary N) is 2. The van der Waals surface area contributed by atoms with Crippen molar-refractivity contribution in [3.05, 3.63) is 29.8 Å². The van der Waals surface area contributed by atoms with Crippen LogP contribution >= 0.6 is 0 Å². The van der Waals surface area contributed by atoms with Crippen LogP contribution in [0, 0.1) is 0 Å². The van der Waals surface area contributed by atoms with Gasteiger partial charge in [0.25, 0.3) is 0 Å². The van der Waals surface area contributed by atoms with Gasteiger partial charge >= 0.3 is 0 Å². The monoisotopic (exact) mass is 236 g/mol. The molecule has 0 bridgehead atoms. The van der Waals surface area contributed by atoms with Crippen LogP contribution in [0.5, 0.6) is 0 Å². The number of benzene rings is 1. The van der Waals surface area contributed by atoms with Crippen molar-refractivity contribution in [1.82, 2.24) is 5.32 Å². The molecule has 1 unspecified atom stereocenters. The van der Waals surface area contributed by atoms with Crippen LogP contribution in [-0.4, -0.2) is 23.0 Å². The molecule has 17 heavy (non-hydrogen) atoms. The molecule has 0 aliphatic rings. The Labute approximate surface area is 99.8 Å². The van der Waals surface area contributed by atoms with E-state index in [1.54, 1.807) is 31.2 Å². The van der Waals surface area contributed by atoms with Crippen LogP contribution in [0.2, 0.25) is 0 Å². The lowest BCUT2D eigenvalue weighted by Crippen LogP contribution is -2.40. The molecule has 0 saturated carbocycles. The first-order chi connectivity index (χ1) is 8.02. The van der Waals surface area contributed by atoms with Gasteiger partial charge in [0.05, 0.1) is 6.61 Å². The average molecular weight is 236 g/mol. The van der Waals surface area contributed by atoms with Gasteiger partial charge in [-0.15, -0.1) is 0 Å². The highest BCUT2D eigenvalue weighted by atomic mass is 16.3. The lowest BCUT2D eigenvalue weighted by atomic mass is 10.2. The van der Waals surface area contributed by atoms with E-state index in [0.717, 1.165) is 5.56 Å². The molecule has 5 nitrogen and oxygen atoms in total. The molecule has 1 aromatic rings. The van der Waals surface area contributed by atoms with Gasteiger partial charge in [-0.05, 0) is 24.6 Å². The van der Waals surface area contributed by atoms with E-state index in [1.165, 1.54) is 6.92 Å². The van der Waals surface area contributed by atoms with Crippen molar-refractivity contribution < 1.29 is 14.7 Å². The molecule has 0 radical (unpaired) electrons. The molecule has 0 aliphatic heterocycles. The van der Waals surface area contributed by atoms with Crippen molar-refractivity contribution in [3.63, 3.8) is 0 Å². The van der Waals surface area contributed by atoms with Gasteiger partial charge in [-0.2, -0.15) is 0 Å². The van der Waals surface area contributed by atoms with Crippen LogP contribution < -0.4 is 10.6 Å². The molecule has 1 aromatic carbocycles. The van der Waals surface area contributed by atoms with Gasteiger partial charge in [0.2, 0.25) is 11.8 Å². The molecule has 0 heterocycles. The maximum atomic E-state index is 11.6. The number of anilines is 1. The number of rotatable bonds is 4. The van der Waals surface area contributed by atoms with Gasteiger partial charge in [-0.25, -0.2) is 0 Å². The van der Waals surface area contributed by atoms with Crippen molar-refractivity contribution in [2.45, 2.75) is 26.5 Å². The Morgan fingerprint density at radius 1 is 1.29 bits per heavy atom. The fourth-order valence-corrected chi connectivity index (χ4v) is 1.31. The molecule has 92 valence electrons. The third kappa shape index (κ3) is 4.24. The molecule has 3 N–H and O–H groups in total. The molecule has 1 atom stereocenters. The van der Waals surface area contributed by atoms with Crippen LogP contribution in [0.25, 0.3) is 0 Å². The third-order valence-electron chi connectivity index (χ3n) is 2.22. The van der Waals surface area contributed by atoms with E-state index in [2.05, 4.69) is 10.6 Å². The Kier molecular flexibility index (Phi) is 4.66. The summed E-state index contributed by atoms with van der Waals surface area (Å²) in [5.74, 6) is -0.528. The first-order valence-electron chi connectivity index (χ1n) is 5.30. The number of aliphatic hydroxyl groups is 1. The zero-order valence-electron chi connectivity index (χ0n) is 9.86. The normalized spacial score (nSPS) is 11.7. The van der Waals surface area contributed by atoms with Crippen LogP contribution in [0.3, 0.4) is 0 Å². The Bertz CT molecular complexity index is 401. The van der Waals surface area contributed by atoms with Crippen LogP contribution in [0.1, 0.15) is 19.4 Å².